The van der Waals surface area contributed by atoms with Gasteiger partial charge in [0.1, 0.15) is 0 Å². The SMILES string of the molecule is CC(C)C1CSC(Nc2ccc(S(N)(=O)=O)cc2)=N1. The Morgan fingerprint density at radius 1 is 1.37 bits per heavy atom. The topological polar surface area (TPSA) is 84.5 Å². The van der Waals surface area contributed by atoms with E-state index in [1.807, 2.05) is 0 Å². The van der Waals surface area contributed by atoms with Crippen LogP contribution in [0.2, 0.25) is 0 Å². The molecular weight excluding hydrogens is 282 g/mol. The predicted molar refractivity (Wildman–Crippen MR) is 80.0 cm³/mol. The molecule has 1 aliphatic rings. The van der Waals surface area contributed by atoms with Crippen molar-refractivity contribution >= 4 is 32.6 Å². The van der Waals surface area contributed by atoms with Crippen molar-refractivity contribution in [1.82, 2.24) is 0 Å². The number of hydrogen-bond acceptors (Lipinski definition) is 5. The van der Waals surface area contributed by atoms with Gasteiger partial charge in [0.15, 0.2) is 5.17 Å². The average Bonchev–Trinajstić information content (AvgIpc) is 2.77. The molecule has 1 atom stereocenters. The van der Waals surface area contributed by atoms with Crippen molar-refractivity contribution < 1.29 is 8.42 Å². The van der Waals surface area contributed by atoms with Gasteiger partial charge < -0.3 is 5.32 Å². The zero-order chi connectivity index (χ0) is 14.0. The fourth-order valence-corrected chi connectivity index (χ4v) is 3.35. The van der Waals surface area contributed by atoms with E-state index in [0.29, 0.717) is 12.0 Å². The molecule has 0 aromatic heterocycles. The second-order valence-electron chi connectivity index (χ2n) is 4.75. The number of benzene rings is 1. The van der Waals surface area contributed by atoms with E-state index in [0.717, 1.165) is 16.6 Å². The quantitative estimate of drug-likeness (QED) is 0.892. The second-order valence-corrected chi connectivity index (χ2v) is 7.32. The van der Waals surface area contributed by atoms with Crippen LogP contribution in [0.3, 0.4) is 0 Å². The summed E-state index contributed by atoms with van der Waals surface area (Å²) >= 11 is 1.68. The van der Waals surface area contributed by atoms with Gasteiger partial charge in [-0.1, -0.05) is 25.6 Å². The van der Waals surface area contributed by atoms with E-state index in [9.17, 15) is 8.42 Å². The molecule has 0 spiro atoms. The molecule has 0 fully saturated rings. The first-order chi connectivity index (χ1) is 8.86. The maximum absolute atomic E-state index is 11.1. The molecule has 5 nitrogen and oxygen atoms in total. The number of rotatable bonds is 3. The molecule has 0 saturated carbocycles. The highest BCUT2D eigenvalue weighted by Crippen LogP contribution is 2.24. The number of nitrogens with zero attached hydrogens (tertiary/aromatic N) is 1. The largest absolute Gasteiger partial charge is 0.335 e. The van der Waals surface area contributed by atoms with E-state index in [2.05, 4.69) is 24.2 Å². The summed E-state index contributed by atoms with van der Waals surface area (Å²) in [6.07, 6.45) is 0. The number of thioether (sulfide) groups is 1. The number of nitrogens with two attached hydrogens (primary N) is 1. The van der Waals surface area contributed by atoms with Crippen LogP contribution in [0.25, 0.3) is 0 Å². The Morgan fingerprint density at radius 3 is 2.47 bits per heavy atom. The molecule has 7 heteroatoms. The Labute approximate surface area is 117 Å². The molecule has 1 aromatic rings. The standard InChI is InChI=1S/C12H17N3O2S2/c1-8(2)11-7-18-12(15-11)14-9-3-5-10(6-4-9)19(13,16)17/h3-6,8,11H,7H2,1-2H3,(H,14,15)(H2,13,16,17). The van der Waals surface area contributed by atoms with Gasteiger partial charge in [0.25, 0.3) is 0 Å². The van der Waals surface area contributed by atoms with E-state index >= 15 is 0 Å². The van der Waals surface area contributed by atoms with Crippen molar-refractivity contribution in [3.8, 4) is 0 Å². The third-order valence-electron chi connectivity index (χ3n) is 2.88. The molecule has 1 aliphatic heterocycles. The van der Waals surface area contributed by atoms with Crippen molar-refractivity contribution in [3.63, 3.8) is 0 Å². The summed E-state index contributed by atoms with van der Waals surface area (Å²) in [7, 11) is -3.63. The van der Waals surface area contributed by atoms with Crippen LogP contribution in [-0.4, -0.2) is 25.4 Å². The fourth-order valence-electron chi connectivity index (χ4n) is 1.65. The zero-order valence-corrected chi connectivity index (χ0v) is 12.5. The van der Waals surface area contributed by atoms with Crippen LogP contribution >= 0.6 is 11.8 Å². The van der Waals surface area contributed by atoms with Gasteiger partial charge in [-0.3, -0.25) is 4.99 Å². The normalized spacial score (nSPS) is 19.6. The average molecular weight is 299 g/mol. The molecule has 0 bridgehead atoms. The van der Waals surface area contributed by atoms with E-state index in [4.69, 9.17) is 5.14 Å². The Morgan fingerprint density at radius 2 is 2.00 bits per heavy atom. The van der Waals surface area contributed by atoms with Gasteiger partial charge in [0.05, 0.1) is 10.9 Å². The van der Waals surface area contributed by atoms with Crippen LogP contribution < -0.4 is 10.5 Å². The minimum absolute atomic E-state index is 0.110. The van der Waals surface area contributed by atoms with Crippen LogP contribution in [0, 0.1) is 5.92 Å². The van der Waals surface area contributed by atoms with E-state index in [1.165, 1.54) is 12.1 Å². The highest BCUT2D eigenvalue weighted by Gasteiger charge is 2.21. The number of primary sulfonamides is 1. The predicted octanol–water partition coefficient (Wildman–Crippen LogP) is 1.87. The van der Waals surface area contributed by atoms with Crippen LogP contribution in [0.5, 0.6) is 0 Å². The van der Waals surface area contributed by atoms with Gasteiger partial charge in [-0.05, 0) is 30.2 Å². The Bertz CT molecular complexity index is 579. The number of nitrogens with one attached hydrogen (secondary N) is 1. The lowest BCUT2D eigenvalue weighted by molar-refractivity contribution is 0.543. The van der Waals surface area contributed by atoms with Crippen molar-refractivity contribution in [2.45, 2.75) is 24.8 Å². The lowest BCUT2D eigenvalue weighted by Crippen LogP contribution is -2.12. The third kappa shape index (κ3) is 3.71. The van der Waals surface area contributed by atoms with Gasteiger partial charge in [-0.15, -0.1) is 0 Å². The first-order valence-electron chi connectivity index (χ1n) is 5.97. The molecule has 3 N–H and O–H groups in total. The first kappa shape index (κ1) is 14.4. The number of aliphatic imine (C=N–C) groups is 1. The van der Waals surface area contributed by atoms with Gasteiger partial charge in [0, 0.05) is 11.4 Å². The van der Waals surface area contributed by atoms with Crippen molar-refractivity contribution in [3.05, 3.63) is 24.3 Å². The molecule has 0 radical (unpaired) electrons. The summed E-state index contributed by atoms with van der Waals surface area (Å²) < 4.78 is 22.3. The molecule has 1 aromatic carbocycles. The molecule has 0 aliphatic carbocycles. The summed E-state index contributed by atoms with van der Waals surface area (Å²) in [6, 6.07) is 6.68. The van der Waals surface area contributed by atoms with Crippen molar-refractivity contribution in [1.29, 1.82) is 0 Å². The van der Waals surface area contributed by atoms with Gasteiger partial charge >= 0.3 is 0 Å². The third-order valence-corrected chi connectivity index (χ3v) is 4.80. The van der Waals surface area contributed by atoms with Crippen LogP contribution in [0.4, 0.5) is 5.69 Å². The summed E-state index contributed by atoms with van der Waals surface area (Å²) in [4.78, 5) is 4.69. The first-order valence-corrected chi connectivity index (χ1v) is 8.50. The summed E-state index contributed by atoms with van der Waals surface area (Å²) in [5.41, 5.74) is 0.808. The molecule has 1 heterocycles. The summed E-state index contributed by atoms with van der Waals surface area (Å²) in [5, 5.41) is 9.10. The molecule has 0 saturated heterocycles. The smallest absolute Gasteiger partial charge is 0.238 e. The van der Waals surface area contributed by atoms with Gasteiger partial charge in [-0.2, -0.15) is 0 Å². The minimum atomic E-state index is -3.63. The molecule has 104 valence electrons. The fraction of sp³-hybridized carbons (Fsp3) is 0.417. The van der Waals surface area contributed by atoms with Crippen molar-refractivity contribution in [2.24, 2.45) is 16.0 Å². The molecule has 0 amide bonds. The molecular formula is C12H17N3O2S2. The Hall–Kier alpha value is -1.05. The van der Waals surface area contributed by atoms with E-state index < -0.39 is 10.0 Å². The van der Waals surface area contributed by atoms with Gasteiger partial charge in [0.2, 0.25) is 10.0 Å². The highest BCUT2D eigenvalue weighted by molar-refractivity contribution is 8.14. The molecule has 1 unspecified atom stereocenters. The molecule has 2 rings (SSSR count). The second kappa shape index (κ2) is 5.52. The van der Waals surface area contributed by atoms with Crippen LogP contribution in [-0.2, 0) is 10.0 Å². The summed E-state index contributed by atoms with van der Waals surface area (Å²) in [5.74, 6) is 1.51. The van der Waals surface area contributed by atoms with Crippen LogP contribution in [0.1, 0.15) is 13.8 Å². The Kier molecular flexibility index (Phi) is 4.17. The number of sulfonamides is 1. The lowest BCUT2D eigenvalue weighted by atomic mass is 10.1. The van der Waals surface area contributed by atoms with Crippen LogP contribution in [0.15, 0.2) is 34.2 Å². The maximum Gasteiger partial charge on any atom is 0.238 e. The minimum Gasteiger partial charge on any atom is -0.335 e. The Balaban J connectivity index is 2.07. The maximum atomic E-state index is 11.1. The number of hydrogen-bond donors (Lipinski definition) is 2. The van der Waals surface area contributed by atoms with E-state index in [1.54, 1.807) is 23.9 Å². The monoisotopic (exact) mass is 299 g/mol. The zero-order valence-electron chi connectivity index (χ0n) is 10.8. The number of anilines is 1. The lowest BCUT2D eigenvalue weighted by Gasteiger charge is -2.08. The summed E-state index contributed by atoms with van der Waals surface area (Å²) in [6.45, 7) is 4.30. The number of amidine groups is 1. The highest BCUT2D eigenvalue weighted by atomic mass is 32.2. The van der Waals surface area contributed by atoms with Crippen molar-refractivity contribution in [2.75, 3.05) is 11.1 Å². The van der Waals surface area contributed by atoms with E-state index in [-0.39, 0.29) is 4.90 Å². The van der Waals surface area contributed by atoms with Gasteiger partial charge in [-0.25, -0.2) is 13.6 Å². The molecule has 19 heavy (non-hydrogen) atoms.